The van der Waals surface area contributed by atoms with Crippen LogP contribution in [0.15, 0.2) is 12.2 Å². The molecule has 0 amide bonds. The second-order valence-corrected chi connectivity index (χ2v) is 5.09. The fraction of sp³-hybridized carbons (Fsp3) is 0.846. The predicted octanol–water partition coefficient (Wildman–Crippen LogP) is 2.22. The van der Waals surface area contributed by atoms with Gasteiger partial charge < -0.3 is 10.6 Å². The molecule has 0 aromatic heterocycles. The highest BCUT2D eigenvalue weighted by Crippen LogP contribution is 2.14. The Kier molecular flexibility index (Phi) is 4.21. The lowest BCUT2D eigenvalue weighted by Crippen LogP contribution is -2.42. The van der Waals surface area contributed by atoms with E-state index in [1.807, 2.05) is 0 Å². The summed E-state index contributed by atoms with van der Waals surface area (Å²) >= 11 is 0. The maximum atomic E-state index is 3.72. The van der Waals surface area contributed by atoms with Crippen molar-refractivity contribution in [3.05, 3.63) is 12.2 Å². The van der Waals surface area contributed by atoms with E-state index in [4.69, 9.17) is 0 Å². The van der Waals surface area contributed by atoms with Crippen LogP contribution < -0.4 is 10.6 Å². The second-order valence-electron chi connectivity index (χ2n) is 5.09. The summed E-state index contributed by atoms with van der Waals surface area (Å²) in [7, 11) is 0. The second kappa shape index (κ2) is 5.66. The number of hydrogen-bond donors (Lipinski definition) is 2. The van der Waals surface area contributed by atoms with Gasteiger partial charge in [-0.05, 0) is 45.6 Å². The van der Waals surface area contributed by atoms with Gasteiger partial charge >= 0.3 is 0 Å². The highest BCUT2D eigenvalue weighted by Gasteiger charge is 2.18. The van der Waals surface area contributed by atoms with Gasteiger partial charge in [0.05, 0.1) is 0 Å². The lowest BCUT2D eigenvalue weighted by atomic mass is 9.98. The van der Waals surface area contributed by atoms with Crippen molar-refractivity contribution in [1.29, 1.82) is 0 Å². The standard InChI is InChI=1S/C13H24N2/c1-11(15-12-6-2-3-7-12)10-13-8-4-5-9-14-13/h2-3,11-15H,4-10H2,1H3. The van der Waals surface area contributed by atoms with Crippen molar-refractivity contribution in [2.45, 2.75) is 63.6 Å². The van der Waals surface area contributed by atoms with Crippen molar-refractivity contribution in [3.63, 3.8) is 0 Å². The molecular formula is C13H24N2. The summed E-state index contributed by atoms with van der Waals surface area (Å²) in [6.07, 6.45) is 12.5. The van der Waals surface area contributed by atoms with Crippen molar-refractivity contribution in [3.8, 4) is 0 Å². The average Bonchev–Trinajstić information content (AvgIpc) is 2.71. The first-order valence-electron chi connectivity index (χ1n) is 6.49. The largest absolute Gasteiger partial charge is 0.314 e. The zero-order valence-corrected chi connectivity index (χ0v) is 9.84. The molecular weight excluding hydrogens is 184 g/mol. The van der Waals surface area contributed by atoms with Gasteiger partial charge in [-0.2, -0.15) is 0 Å². The molecule has 0 saturated carbocycles. The molecule has 2 unspecified atom stereocenters. The van der Waals surface area contributed by atoms with E-state index in [0.717, 1.165) is 6.04 Å². The first-order valence-corrected chi connectivity index (χ1v) is 6.49. The van der Waals surface area contributed by atoms with E-state index in [9.17, 15) is 0 Å². The van der Waals surface area contributed by atoms with Crippen LogP contribution in [0.4, 0.5) is 0 Å². The number of piperidine rings is 1. The summed E-state index contributed by atoms with van der Waals surface area (Å²) in [5, 5.41) is 7.34. The van der Waals surface area contributed by atoms with E-state index < -0.39 is 0 Å². The Hall–Kier alpha value is -0.340. The van der Waals surface area contributed by atoms with E-state index in [1.165, 1.54) is 45.1 Å². The molecule has 1 saturated heterocycles. The molecule has 2 aliphatic rings. The predicted molar refractivity (Wildman–Crippen MR) is 65.0 cm³/mol. The number of nitrogens with one attached hydrogen (secondary N) is 2. The van der Waals surface area contributed by atoms with Crippen molar-refractivity contribution in [1.82, 2.24) is 10.6 Å². The molecule has 15 heavy (non-hydrogen) atoms. The van der Waals surface area contributed by atoms with Crippen LogP contribution in [0.5, 0.6) is 0 Å². The highest BCUT2D eigenvalue weighted by molar-refractivity contribution is 4.98. The van der Waals surface area contributed by atoms with E-state index in [-0.39, 0.29) is 0 Å². The minimum atomic E-state index is 0.658. The molecule has 0 bridgehead atoms. The van der Waals surface area contributed by atoms with E-state index in [2.05, 4.69) is 29.7 Å². The highest BCUT2D eigenvalue weighted by atomic mass is 15.0. The van der Waals surface area contributed by atoms with E-state index >= 15 is 0 Å². The van der Waals surface area contributed by atoms with Crippen molar-refractivity contribution in [2.24, 2.45) is 0 Å². The summed E-state index contributed by atoms with van der Waals surface area (Å²) in [6.45, 7) is 3.55. The summed E-state index contributed by atoms with van der Waals surface area (Å²) in [6, 6.07) is 2.13. The molecule has 1 fully saturated rings. The molecule has 2 rings (SSSR count). The molecule has 2 nitrogen and oxygen atoms in total. The van der Waals surface area contributed by atoms with Gasteiger partial charge in [-0.15, -0.1) is 0 Å². The van der Waals surface area contributed by atoms with Crippen LogP contribution in [0.3, 0.4) is 0 Å². The van der Waals surface area contributed by atoms with Gasteiger partial charge in [0.1, 0.15) is 0 Å². The third-order valence-corrected chi connectivity index (χ3v) is 3.58. The molecule has 0 aromatic carbocycles. The maximum absolute atomic E-state index is 3.72. The molecule has 0 radical (unpaired) electrons. The first-order chi connectivity index (χ1) is 7.34. The Labute approximate surface area is 93.5 Å². The van der Waals surface area contributed by atoms with Crippen LogP contribution in [-0.4, -0.2) is 24.7 Å². The zero-order valence-electron chi connectivity index (χ0n) is 9.84. The Morgan fingerprint density at radius 2 is 2.13 bits per heavy atom. The summed E-state index contributed by atoms with van der Waals surface area (Å²) in [5.74, 6) is 0. The normalized spacial score (nSPS) is 29.5. The van der Waals surface area contributed by atoms with Gasteiger partial charge in [0.25, 0.3) is 0 Å². The molecule has 0 spiro atoms. The maximum Gasteiger partial charge on any atom is 0.0138 e. The first kappa shape index (κ1) is 11.2. The van der Waals surface area contributed by atoms with Crippen LogP contribution in [-0.2, 0) is 0 Å². The van der Waals surface area contributed by atoms with Crippen LogP contribution in [0.1, 0.15) is 45.4 Å². The van der Waals surface area contributed by atoms with Crippen LogP contribution in [0.25, 0.3) is 0 Å². The van der Waals surface area contributed by atoms with Gasteiger partial charge in [-0.1, -0.05) is 18.6 Å². The topological polar surface area (TPSA) is 24.1 Å². The summed E-state index contributed by atoms with van der Waals surface area (Å²) < 4.78 is 0. The van der Waals surface area contributed by atoms with Gasteiger partial charge in [-0.25, -0.2) is 0 Å². The fourth-order valence-electron chi connectivity index (χ4n) is 2.78. The number of hydrogen-bond acceptors (Lipinski definition) is 2. The van der Waals surface area contributed by atoms with Crippen LogP contribution >= 0.6 is 0 Å². The average molecular weight is 208 g/mol. The molecule has 2 atom stereocenters. The quantitative estimate of drug-likeness (QED) is 0.692. The summed E-state index contributed by atoms with van der Waals surface area (Å²) in [4.78, 5) is 0. The number of rotatable bonds is 4. The fourth-order valence-corrected chi connectivity index (χ4v) is 2.78. The Bertz CT molecular complexity index is 199. The third-order valence-electron chi connectivity index (χ3n) is 3.58. The third kappa shape index (κ3) is 3.62. The van der Waals surface area contributed by atoms with Crippen molar-refractivity contribution < 1.29 is 0 Å². The summed E-state index contributed by atoms with van der Waals surface area (Å²) in [5.41, 5.74) is 0. The SMILES string of the molecule is CC(CC1CCCCN1)NC1CC=CC1. The van der Waals surface area contributed by atoms with Crippen molar-refractivity contribution >= 4 is 0 Å². The lowest BCUT2D eigenvalue weighted by Gasteiger charge is -2.28. The molecule has 2 N–H and O–H groups in total. The minimum Gasteiger partial charge on any atom is -0.314 e. The van der Waals surface area contributed by atoms with E-state index in [1.54, 1.807) is 0 Å². The molecule has 2 heteroatoms. The monoisotopic (exact) mass is 208 g/mol. The Balaban J connectivity index is 1.64. The van der Waals surface area contributed by atoms with Gasteiger partial charge in [0, 0.05) is 18.1 Å². The van der Waals surface area contributed by atoms with Gasteiger partial charge in [-0.3, -0.25) is 0 Å². The smallest absolute Gasteiger partial charge is 0.0138 e. The minimum absolute atomic E-state index is 0.658. The molecule has 0 aromatic rings. The van der Waals surface area contributed by atoms with Gasteiger partial charge in [0.2, 0.25) is 0 Å². The lowest BCUT2D eigenvalue weighted by molar-refractivity contribution is 0.331. The molecule has 1 aliphatic carbocycles. The molecule has 1 heterocycles. The molecule has 86 valence electrons. The van der Waals surface area contributed by atoms with Gasteiger partial charge in [0.15, 0.2) is 0 Å². The Morgan fingerprint density at radius 1 is 1.33 bits per heavy atom. The molecule has 1 aliphatic heterocycles. The zero-order chi connectivity index (χ0) is 10.5. The van der Waals surface area contributed by atoms with Crippen molar-refractivity contribution in [2.75, 3.05) is 6.54 Å². The Morgan fingerprint density at radius 3 is 2.80 bits per heavy atom. The van der Waals surface area contributed by atoms with E-state index in [0.29, 0.717) is 12.1 Å². The van der Waals surface area contributed by atoms with Crippen LogP contribution in [0.2, 0.25) is 0 Å². The van der Waals surface area contributed by atoms with Crippen LogP contribution in [0, 0.1) is 0 Å².